The van der Waals surface area contributed by atoms with E-state index < -0.39 is 27.2 Å². The van der Waals surface area contributed by atoms with Crippen molar-refractivity contribution in [3.8, 4) is 0 Å². The van der Waals surface area contributed by atoms with Crippen LogP contribution in [0.1, 0.15) is 60.9 Å². The van der Waals surface area contributed by atoms with Gasteiger partial charge in [-0.05, 0) is 136 Å². The third-order valence-corrected chi connectivity index (χ3v) is 14.5. The summed E-state index contributed by atoms with van der Waals surface area (Å²) in [5, 5.41) is 2.32. The highest BCUT2D eigenvalue weighted by atomic mass is 32.2. The number of piperidine rings is 1. The minimum atomic E-state index is -4.05. The standard InChI is InChI=1S/C42H51F3N4O5S/c1-46-40(51)36-15-14-35(24-38(36)44)55(52,53)34-12-10-33(11-13-34)49-26-41(45,27-49)25-48-20-16-30(17-21-48)42(28-47-18-5-19-47,31-7-4-8-32(43)23-31)37-9-3-6-29(37)22-39(50)54-2/h4,7-8,10-15,23-24,29-30,37H,3,5-6,9,16-22,25-28H2,1-2H3,(H,46,51)/t29-,37+,42+/m1/s1. The first kappa shape index (κ1) is 39.3. The van der Waals surface area contributed by atoms with Crippen LogP contribution in [0, 0.1) is 29.4 Å². The van der Waals surface area contributed by atoms with E-state index in [2.05, 4.69) is 21.2 Å². The predicted octanol–water partition coefficient (Wildman–Crippen LogP) is 6.02. The van der Waals surface area contributed by atoms with Gasteiger partial charge in [0.05, 0.1) is 35.6 Å². The van der Waals surface area contributed by atoms with Crippen molar-refractivity contribution in [3.63, 3.8) is 0 Å². The zero-order chi connectivity index (χ0) is 39.0. The lowest BCUT2D eigenvalue weighted by Gasteiger charge is -2.54. The molecule has 1 aliphatic carbocycles. The maximum absolute atomic E-state index is 16.3. The van der Waals surface area contributed by atoms with E-state index in [0.29, 0.717) is 12.1 Å². The van der Waals surface area contributed by atoms with Crippen LogP contribution in [0.2, 0.25) is 0 Å². The van der Waals surface area contributed by atoms with E-state index in [0.717, 1.165) is 88.9 Å². The molecule has 296 valence electrons. The molecule has 0 bridgehead atoms. The molecule has 4 fully saturated rings. The van der Waals surface area contributed by atoms with Gasteiger partial charge < -0.3 is 19.9 Å². The highest BCUT2D eigenvalue weighted by molar-refractivity contribution is 7.91. The lowest BCUT2D eigenvalue weighted by Crippen LogP contribution is -2.64. The largest absolute Gasteiger partial charge is 0.469 e. The molecule has 3 heterocycles. The molecule has 0 spiro atoms. The van der Waals surface area contributed by atoms with Crippen LogP contribution >= 0.6 is 0 Å². The fourth-order valence-electron chi connectivity index (χ4n) is 9.92. The van der Waals surface area contributed by atoms with Crippen LogP contribution < -0.4 is 10.2 Å². The van der Waals surface area contributed by atoms with Crippen LogP contribution in [-0.2, 0) is 24.8 Å². The Balaban J connectivity index is 1.01. The van der Waals surface area contributed by atoms with Gasteiger partial charge in [-0.3, -0.25) is 14.5 Å². The number of benzene rings is 3. The summed E-state index contributed by atoms with van der Waals surface area (Å²) in [6.07, 6.45) is 6.15. The number of nitrogens with zero attached hydrogens (tertiary/aromatic N) is 3. The Labute approximate surface area is 322 Å². The number of anilines is 1. The van der Waals surface area contributed by atoms with E-state index in [9.17, 15) is 22.4 Å². The fraction of sp³-hybridized carbons (Fsp3) is 0.524. The summed E-state index contributed by atoms with van der Waals surface area (Å²) in [6.45, 7) is 4.92. The van der Waals surface area contributed by atoms with Gasteiger partial charge in [-0.1, -0.05) is 18.6 Å². The molecule has 13 heteroatoms. The normalized spacial score (nSPS) is 23.0. The molecule has 0 aromatic heterocycles. The van der Waals surface area contributed by atoms with Crippen LogP contribution in [0.3, 0.4) is 0 Å². The molecular formula is C42H51F3N4O5S. The Morgan fingerprint density at radius 3 is 2.22 bits per heavy atom. The molecular weight excluding hydrogens is 730 g/mol. The number of hydrogen-bond donors (Lipinski definition) is 1. The number of hydrogen-bond acceptors (Lipinski definition) is 8. The number of nitrogens with one attached hydrogen (secondary N) is 1. The molecule has 4 aliphatic rings. The summed E-state index contributed by atoms with van der Waals surface area (Å²) in [7, 11) is -1.25. The summed E-state index contributed by atoms with van der Waals surface area (Å²) in [4.78, 5) is 30.7. The molecule has 1 saturated carbocycles. The first-order valence-electron chi connectivity index (χ1n) is 19.4. The van der Waals surface area contributed by atoms with Crippen LogP contribution in [0.4, 0.5) is 18.9 Å². The highest BCUT2D eigenvalue weighted by Gasteiger charge is 2.53. The average Bonchev–Trinajstić information content (AvgIpc) is 3.61. The number of carbonyl (C=O) groups excluding carboxylic acids is 2. The van der Waals surface area contributed by atoms with Crippen LogP contribution in [0.25, 0.3) is 0 Å². The number of amides is 1. The van der Waals surface area contributed by atoms with Crippen molar-refractivity contribution in [2.24, 2.45) is 17.8 Å². The zero-order valence-electron chi connectivity index (χ0n) is 31.6. The number of likely N-dealkylation sites (tertiary alicyclic amines) is 2. The van der Waals surface area contributed by atoms with Gasteiger partial charge in [0.25, 0.3) is 5.91 Å². The summed E-state index contributed by atoms with van der Waals surface area (Å²) in [5.74, 6) is -1.44. The number of esters is 1. The van der Waals surface area contributed by atoms with Gasteiger partial charge in [-0.15, -0.1) is 0 Å². The quantitative estimate of drug-likeness (QED) is 0.211. The van der Waals surface area contributed by atoms with Gasteiger partial charge in [0.15, 0.2) is 5.67 Å². The minimum absolute atomic E-state index is 0.0316. The van der Waals surface area contributed by atoms with Crippen LogP contribution in [0.5, 0.6) is 0 Å². The molecule has 3 aromatic carbocycles. The number of methoxy groups -OCH3 is 1. The number of rotatable bonds is 13. The minimum Gasteiger partial charge on any atom is -0.469 e. The van der Waals surface area contributed by atoms with Crippen LogP contribution in [0.15, 0.2) is 76.5 Å². The number of carbonyl (C=O) groups is 2. The van der Waals surface area contributed by atoms with Gasteiger partial charge in [0.2, 0.25) is 9.84 Å². The summed E-state index contributed by atoms with van der Waals surface area (Å²) < 4.78 is 77.4. The second kappa shape index (κ2) is 15.9. The van der Waals surface area contributed by atoms with E-state index in [-0.39, 0.29) is 69.9 Å². The number of alkyl halides is 1. The van der Waals surface area contributed by atoms with Crippen molar-refractivity contribution in [3.05, 3.63) is 89.5 Å². The number of ether oxygens (including phenoxy) is 1. The topological polar surface area (TPSA) is 99.3 Å². The molecule has 0 radical (unpaired) electrons. The van der Waals surface area contributed by atoms with Crippen molar-refractivity contribution >= 4 is 27.4 Å². The Kier molecular flexibility index (Phi) is 11.4. The molecule has 9 nitrogen and oxygen atoms in total. The smallest absolute Gasteiger partial charge is 0.305 e. The Morgan fingerprint density at radius 2 is 1.60 bits per heavy atom. The van der Waals surface area contributed by atoms with E-state index in [1.165, 1.54) is 38.4 Å². The first-order valence-corrected chi connectivity index (χ1v) is 20.9. The summed E-state index contributed by atoms with van der Waals surface area (Å²) in [6, 6.07) is 16.4. The monoisotopic (exact) mass is 780 g/mol. The number of halogens is 3. The fourth-order valence-corrected chi connectivity index (χ4v) is 11.2. The van der Waals surface area contributed by atoms with E-state index in [1.54, 1.807) is 18.2 Å². The Morgan fingerprint density at radius 1 is 0.891 bits per heavy atom. The summed E-state index contributed by atoms with van der Waals surface area (Å²) >= 11 is 0. The first-order chi connectivity index (χ1) is 26.3. The second-order valence-corrected chi connectivity index (χ2v) is 18.0. The van der Waals surface area contributed by atoms with Gasteiger partial charge in [0, 0.05) is 37.7 Å². The maximum Gasteiger partial charge on any atom is 0.305 e. The lowest BCUT2D eigenvalue weighted by molar-refractivity contribution is -0.142. The van der Waals surface area contributed by atoms with Crippen molar-refractivity contribution < 1.29 is 35.9 Å². The second-order valence-electron chi connectivity index (χ2n) is 16.0. The van der Waals surface area contributed by atoms with E-state index in [1.807, 2.05) is 11.0 Å². The molecule has 1 amide bonds. The van der Waals surface area contributed by atoms with Gasteiger partial charge in [0.1, 0.15) is 11.6 Å². The molecule has 7 rings (SSSR count). The SMILES string of the molecule is CNC(=O)c1ccc(S(=O)(=O)c2ccc(N3CC(F)(CN4CCC([C@@](CN5CCC5)(c5cccc(F)c5)[C@H]5CCC[C@@H]5CC(=O)OC)CC4)C3)cc2)cc1F. The van der Waals surface area contributed by atoms with E-state index >= 15 is 8.78 Å². The summed E-state index contributed by atoms with van der Waals surface area (Å²) in [5.41, 5.74) is -0.317. The Hall–Kier alpha value is -3.94. The van der Waals surface area contributed by atoms with Crippen molar-refractivity contribution in [1.82, 2.24) is 15.1 Å². The molecule has 3 aliphatic heterocycles. The van der Waals surface area contributed by atoms with Gasteiger partial charge in [-0.2, -0.15) is 0 Å². The van der Waals surface area contributed by atoms with Crippen molar-refractivity contribution in [1.29, 1.82) is 0 Å². The molecule has 3 aromatic rings. The Bertz CT molecular complexity index is 1980. The van der Waals surface area contributed by atoms with E-state index in [4.69, 9.17) is 4.74 Å². The lowest BCUT2D eigenvalue weighted by atomic mass is 9.56. The van der Waals surface area contributed by atoms with Gasteiger partial charge in [-0.25, -0.2) is 21.6 Å². The third kappa shape index (κ3) is 7.89. The number of sulfone groups is 1. The molecule has 55 heavy (non-hydrogen) atoms. The maximum atomic E-state index is 16.3. The third-order valence-electron chi connectivity index (χ3n) is 12.8. The predicted molar refractivity (Wildman–Crippen MR) is 203 cm³/mol. The molecule has 3 saturated heterocycles. The van der Waals surface area contributed by atoms with Crippen molar-refractivity contribution in [2.75, 3.05) is 71.4 Å². The van der Waals surface area contributed by atoms with Crippen LogP contribution in [-0.4, -0.2) is 102 Å². The van der Waals surface area contributed by atoms with Crippen molar-refractivity contribution in [2.45, 2.75) is 65.8 Å². The zero-order valence-corrected chi connectivity index (χ0v) is 32.4. The molecule has 0 unspecified atom stereocenters. The molecule has 1 N–H and O–H groups in total. The van der Waals surface area contributed by atoms with Gasteiger partial charge >= 0.3 is 5.97 Å². The molecule has 3 atom stereocenters. The highest BCUT2D eigenvalue weighted by Crippen LogP contribution is 2.54. The average molecular weight is 781 g/mol.